The van der Waals surface area contributed by atoms with E-state index in [1.165, 1.54) is 53.7 Å². The molecule has 1 fully saturated rings. The van der Waals surface area contributed by atoms with Crippen molar-refractivity contribution >= 4 is 49.8 Å². The first-order valence-electron chi connectivity index (χ1n) is 11.8. The molecule has 1 atom stereocenters. The number of ether oxygens (including phenoxy) is 3. The van der Waals surface area contributed by atoms with Crippen molar-refractivity contribution < 1.29 is 33.8 Å². The van der Waals surface area contributed by atoms with Gasteiger partial charge in [0, 0.05) is 17.7 Å². The van der Waals surface area contributed by atoms with Gasteiger partial charge in [0.25, 0.3) is 11.5 Å². The molecule has 1 amide bonds. The number of hydrogen-bond acceptors (Lipinski definition) is 10. The lowest BCUT2D eigenvalue weighted by molar-refractivity contribution is -0.384. The van der Waals surface area contributed by atoms with Crippen molar-refractivity contribution in [1.82, 2.24) is 4.98 Å². The molecule has 0 bridgehead atoms. The van der Waals surface area contributed by atoms with Crippen LogP contribution < -0.4 is 19.1 Å². The highest BCUT2D eigenvalue weighted by Gasteiger charge is 2.48. The first-order valence-corrected chi connectivity index (χ1v) is 12.6. The first kappa shape index (κ1) is 24.4. The molecular weight excluding hydrogens is 526 g/mol. The number of rotatable bonds is 5. The zero-order valence-corrected chi connectivity index (χ0v) is 21.1. The number of Topliss-reactive ketones (excluding diaryl/α,β-unsaturated/α-hetero) is 1. The van der Waals surface area contributed by atoms with Gasteiger partial charge in [0.05, 0.1) is 33.9 Å². The Bertz CT molecular complexity index is 1700. The predicted octanol–water partition coefficient (Wildman–Crippen LogP) is 4.61. The van der Waals surface area contributed by atoms with E-state index in [0.29, 0.717) is 41.5 Å². The largest absolute Gasteiger partial charge is 0.507 e. The third kappa shape index (κ3) is 4.10. The van der Waals surface area contributed by atoms with Gasteiger partial charge in [-0.15, -0.1) is 0 Å². The van der Waals surface area contributed by atoms with Gasteiger partial charge in [-0.25, -0.2) is 4.98 Å². The minimum absolute atomic E-state index is 0.158. The number of thiazole rings is 1. The summed E-state index contributed by atoms with van der Waals surface area (Å²) in [6.07, 6.45) is 0. The number of hydrogen-bond donors (Lipinski definition) is 1. The van der Waals surface area contributed by atoms with Crippen LogP contribution in [0.5, 0.6) is 17.2 Å². The number of carbonyl (C=O) groups excluding carboxylic acids is 2. The molecule has 1 N–H and O–H groups in total. The minimum atomic E-state index is -1.10. The van der Waals surface area contributed by atoms with Crippen molar-refractivity contribution in [2.24, 2.45) is 0 Å². The summed E-state index contributed by atoms with van der Waals surface area (Å²) in [5, 5.41) is 22.9. The van der Waals surface area contributed by atoms with Crippen LogP contribution >= 0.6 is 11.3 Å². The zero-order chi connectivity index (χ0) is 27.3. The van der Waals surface area contributed by atoms with E-state index >= 15 is 0 Å². The number of aromatic nitrogens is 1. The van der Waals surface area contributed by atoms with Crippen LogP contribution in [0.4, 0.5) is 10.8 Å². The molecule has 12 heteroatoms. The van der Waals surface area contributed by atoms with Gasteiger partial charge < -0.3 is 19.3 Å². The Morgan fingerprint density at radius 1 is 1.08 bits per heavy atom. The zero-order valence-electron chi connectivity index (χ0n) is 20.3. The Morgan fingerprint density at radius 3 is 2.54 bits per heavy atom. The van der Waals surface area contributed by atoms with E-state index in [9.17, 15) is 24.8 Å². The topological polar surface area (TPSA) is 141 Å². The molecule has 39 heavy (non-hydrogen) atoms. The van der Waals surface area contributed by atoms with Crippen LogP contribution in [0.25, 0.3) is 16.0 Å². The summed E-state index contributed by atoms with van der Waals surface area (Å²) >= 11 is 1.18. The molecule has 3 heterocycles. The minimum Gasteiger partial charge on any atom is -0.507 e. The summed E-state index contributed by atoms with van der Waals surface area (Å²) in [5.74, 6) is -0.725. The fourth-order valence-corrected chi connectivity index (χ4v) is 5.61. The smallest absolute Gasteiger partial charge is 0.301 e. The van der Waals surface area contributed by atoms with Gasteiger partial charge in [-0.2, -0.15) is 0 Å². The summed E-state index contributed by atoms with van der Waals surface area (Å²) in [7, 11) is 1.54. The van der Waals surface area contributed by atoms with Crippen LogP contribution in [-0.4, -0.2) is 47.0 Å². The van der Waals surface area contributed by atoms with Crippen molar-refractivity contribution in [2.45, 2.75) is 6.04 Å². The molecule has 1 unspecified atom stereocenters. The van der Waals surface area contributed by atoms with Crippen molar-refractivity contribution in [3.8, 4) is 17.2 Å². The van der Waals surface area contributed by atoms with Gasteiger partial charge in [0.15, 0.2) is 16.6 Å². The molecule has 11 nitrogen and oxygen atoms in total. The molecule has 4 aromatic rings. The second kappa shape index (κ2) is 9.40. The normalized spacial score (nSPS) is 18.0. The van der Waals surface area contributed by atoms with Crippen molar-refractivity contribution in [3.63, 3.8) is 0 Å². The van der Waals surface area contributed by atoms with E-state index in [-0.39, 0.29) is 22.0 Å². The Balaban J connectivity index is 1.53. The number of fused-ring (bicyclic) bond motifs is 2. The molecule has 196 valence electrons. The molecular formula is C27H19N3O8S. The monoisotopic (exact) mass is 545 g/mol. The van der Waals surface area contributed by atoms with Crippen LogP contribution in [0, 0.1) is 10.1 Å². The van der Waals surface area contributed by atoms with Crippen LogP contribution in [0.3, 0.4) is 0 Å². The highest BCUT2D eigenvalue weighted by molar-refractivity contribution is 7.22. The second-order valence-electron chi connectivity index (χ2n) is 8.71. The number of nitro groups is 1. The van der Waals surface area contributed by atoms with E-state index in [0.717, 1.165) is 4.70 Å². The van der Waals surface area contributed by atoms with Crippen molar-refractivity contribution in [1.29, 1.82) is 0 Å². The molecule has 0 spiro atoms. The van der Waals surface area contributed by atoms with E-state index in [4.69, 9.17) is 14.2 Å². The summed E-state index contributed by atoms with van der Waals surface area (Å²) < 4.78 is 17.2. The Kier molecular flexibility index (Phi) is 5.88. The third-order valence-corrected chi connectivity index (χ3v) is 7.49. The average Bonchev–Trinajstić information content (AvgIpc) is 3.49. The van der Waals surface area contributed by atoms with Crippen molar-refractivity contribution in [3.05, 3.63) is 87.5 Å². The van der Waals surface area contributed by atoms with Crippen molar-refractivity contribution in [2.75, 3.05) is 25.2 Å². The molecule has 1 saturated heterocycles. The van der Waals surface area contributed by atoms with E-state index in [2.05, 4.69) is 4.98 Å². The Labute approximate surface area is 224 Å². The number of benzene rings is 3. The fraction of sp³-hybridized carbons (Fsp3) is 0.148. The number of non-ortho nitro benzene ring substituents is 1. The number of nitro benzene ring substituents is 1. The SMILES string of the molecule is COc1ccc2nc(N3C(=O)C(=O)C(=C(O)c4ccc5c(c4)OCCO5)C3c3ccc([N+](=O)[O-])cc3)sc2c1. The van der Waals surface area contributed by atoms with Gasteiger partial charge in [-0.05, 0) is 54.1 Å². The number of amides is 1. The quantitative estimate of drug-likeness (QED) is 0.125. The lowest BCUT2D eigenvalue weighted by atomic mass is 9.95. The maximum atomic E-state index is 13.5. The van der Waals surface area contributed by atoms with E-state index in [1.807, 2.05) is 0 Å². The lowest BCUT2D eigenvalue weighted by Crippen LogP contribution is -2.29. The molecule has 2 aliphatic heterocycles. The number of carbonyl (C=O) groups is 2. The van der Waals surface area contributed by atoms with Gasteiger partial charge in [-0.1, -0.05) is 11.3 Å². The summed E-state index contributed by atoms with van der Waals surface area (Å²) in [6.45, 7) is 0.713. The fourth-order valence-electron chi connectivity index (χ4n) is 4.59. The summed E-state index contributed by atoms with van der Waals surface area (Å²) in [4.78, 5) is 43.4. The van der Waals surface area contributed by atoms with Crippen LogP contribution in [0.2, 0.25) is 0 Å². The maximum absolute atomic E-state index is 13.5. The molecule has 0 radical (unpaired) electrons. The maximum Gasteiger partial charge on any atom is 0.301 e. The third-order valence-electron chi connectivity index (χ3n) is 6.47. The van der Waals surface area contributed by atoms with E-state index in [1.54, 1.807) is 30.3 Å². The van der Waals surface area contributed by atoms with Crippen LogP contribution in [0.15, 0.2) is 66.2 Å². The van der Waals surface area contributed by atoms with Gasteiger partial charge in [0.2, 0.25) is 0 Å². The van der Waals surface area contributed by atoms with Gasteiger partial charge >= 0.3 is 5.91 Å². The number of ketones is 1. The molecule has 1 aromatic heterocycles. The molecule has 0 saturated carbocycles. The summed E-state index contributed by atoms with van der Waals surface area (Å²) in [5.41, 5.74) is 0.887. The lowest BCUT2D eigenvalue weighted by Gasteiger charge is -2.23. The van der Waals surface area contributed by atoms with Gasteiger partial charge in [-0.3, -0.25) is 24.6 Å². The molecule has 6 rings (SSSR count). The van der Waals surface area contributed by atoms with Gasteiger partial charge in [0.1, 0.15) is 24.7 Å². The second-order valence-corrected chi connectivity index (χ2v) is 9.72. The van der Waals surface area contributed by atoms with E-state index < -0.39 is 28.4 Å². The Hall–Kier alpha value is -4.97. The number of aliphatic hydroxyl groups is 1. The molecule has 0 aliphatic carbocycles. The number of aliphatic hydroxyl groups excluding tert-OH is 1. The highest BCUT2D eigenvalue weighted by Crippen LogP contribution is 2.45. The molecule has 2 aliphatic rings. The first-order chi connectivity index (χ1) is 18.9. The Morgan fingerprint density at radius 2 is 1.82 bits per heavy atom. The standard InChI is InChI=1S/C27H19N3O8S/c1-36-17-7-8-18-21(13-17)39-27(28-18)29-23(14-2-5-16(6-3-14)30(34)35)22(25(32)26(29)33)24(31)15-4-9-19-20(12-15)38-11-10-37-19/h2-9,12-13,23,31H,10-11H2,1H3. The average molecular weight is 546 g/mol. The van der Waals surface area contributed by atoms with Crippen LogP contribution in [-0.2, 0) is 9.59 Å². The predicted molar refractivity (Wildman–Crippen MR) is 141 cm³/mol. The van der Waals surface area contributed by atoms with Crippen LogP contribution in [0.1, 0.15) is 17.2 Å². The highest BCUT2D eigenvalue weighted by atomic mass is 32.1. The summed E-state index contributed by atoms with van der Waals surface area (Å²) in [6, 6.07) is 14.3. The molecule has 3 aromatic carbocycles. The number of nitrogens with zero attached hydrogens (tertiary/aromatic N) is 3. The number of methoxy groups -OCH3 is 1. The number of anilines is 1.